The van der Waals surface area contributed by atoms with Crippen molar-refractivity contribution in [3.05, 3.63) is 11.9 Å². The number of nitriles is 1. The van der Waals surface area contributed by atoms with Crippen LogP contribution in [0.2, 0.25) is 0 Å². The average Bonchev–Trinajstić information content (AvgIpc) is 3.48. The van der Waals surface area contributed by atoms with Gasteiger partial charge in [0.05, 0.1) is 36.4 Å². The van der Waals surface area contributed by atoms with E-state index in [4.69, 9.17) is 10.00 Å². The lowest BCUT2D eigenvalue weighted by Gasteiger charge is -2.25. The smallest absolute Gasteiger partial charge is 0.228 e. The maximum atomic E-state index is 12.6. The Labute approximate surface area is 173 Å². The van der Waals surface area contributed by atoms with E-state index >= 15 is 0 Å². The van der Waals surface area contributed by atoms with E-state index in [1.54, 1.807) is 0 Å². The zero-order chi connectivity index (χ0) is 20.6. The van der Waals surface area contributed by atoms with E-state index in [9.17, 15) is 4.79 Å². The highest BCUT2D eigenvalue weighted by Crippen LogP contribution is 2.31. The number of rotatable bonds is 7. The van der Waals surface area contributed by atoms with Gasteiger partial charge in [-0.05, 0) is 51.4 Å². The van der Waals surface area contributed by atoms with Crippen LogP contribution in [0, 0.1) is 29.1 Å². The molecule has 4 atom stereocenters. The summed E-state index contributed by atoms with van der Waals surface area (Å²) in [6.45, 7) is 5.91. The number of unbranched alkanes of at least 4 members (excludes halogenated alkanes) is 2. The van der Waals surface area contributed by atoms with Crippen LogP contribution in [0.4, 0.5) is 0 Å². The molecule has 156 valence electrons. The molecule has 3 rings (SSSR count). The van der Waals surface area contributed by atoms with E-state index in [0.29, 0.717) is 18.5 Å². The molecule has 0 aromatic carbocycles. The van der Waals surface area contributed by atoms with E-state index < -0.39 is 0 Å². The summed E-state index contributed by atoms with van der Waals surface area (Å²) < 4.78 is 8.08. The molecule has 1 aromatic heterocycles. The summed E-state index contributed by atoms with van der Waals surface area (Å²) in [4.78, 5) is 14.6. The van der Waals surface area contributed by atoms with Gasteiger partial charge in [0.1, 0.15) is 0 Å². The van der Waals surface area contributed by atoms with Gasteiger partial charge in [0.25, 0.3) is 0 Å². The molecule has 2 fully saturated rings. The van der Waals surface area contributed by atoms with Crippen LogP contribution < -0.4 is 0 Å². The van der Waals surface area contributed by atoms with Crippen LogP contribution in [0.5, 0.6) is 0 Å². The summed E-state index contributed by atoms with van der Waals surface area (Å²) in [5.74, 6) is 6.22. The average molecular weight is 398 g/mol. The fourth-order valence-electron chi connectivity index (χ4n) is 4.11. The van der Waals surface area contributed by atoms with E-state index in [1.165, 1.54) is 0 Å². The van der Waals surface area contributed by atoms with Crippen molar-refractivity contribution in [2.24, 2.45) is 5.92 Å². The van der Waals surface area contributed by atoms with Gasteiger partial charge in [-0.3, -0.25) is 4.79 Å². The van der Waals surface area contributed by atoms with Crippen LogP contribution in [0.3, 0.4) is 0 Å². The molecule has 2 aliphatic heterocycles. The van der Waals surface area contributed by atoms with Gasteiger partial charge in [-0.2, -0.15) is 5.26 Å². The third kappa shape index (κ3) is 5.81. The first-order valence-corrected chi connectivity index (χ1v) is 10.8. The molecule has 0 unspecified atom stereocenters. The van der Waals surface area contributed by atoms with Gasteiger partial charge in [-0.15, -0.1) is 5.10 Å². The number of nitrogens with zero attached hydrogens (tertiary/aromatic N) is 5. The number of likely N-dealkylation sites (tertiary alicyclic amines) is 1. The molecule has 0 N–H and O–H groups in total. The zero-order valence-corrected chi connectivity index (χ0v) is 17.5. The molecule has 29 heavy (non-hydrogen) atoms. The van der Waals surface area contributed by atoms with Gasteiger partial charge in [-0.1, -0.05) is 18.1 Å². The van der Waals surface area contributed by atoms with E-state index in [2.05, 4.69) is 35.1 Å². The Hall–Kier alpha value is -2.38. The zero-order valence-electron chi connectivity index (χ0n) is 17.5. The first-order valence-electron chi connectivity index (χ1n) is 10.8. The van der Waals surface area contributed by atoms with Crippen LogP contribution >= 0.6 is 0 Å². The SMILES string of the molecule is C[C@H](C[C@@H]1CC[C@H]([C@@H](C)C(=O)N2CCCC2)O1)n1cc(C#CCCCC#N)nn1. The Morgan fingerprint density at radius 1 is 1.31 bits per heavy atom. The van der Waals surface area contributed by atoms with Crippen molar-refractivity contribution in [2.75, 3.05) is 13.1 Å². The largest absolute Gasteiger partial charge is 0.374 e. The molecule has 3 heterocycles. The van der Waals surface area contributed by atoms with Crippen molar-refractivity contribution in [3.63, 3.8) is 0 Å². The van der Waals surface area contributed by atoms with Crippen LogP contribution in [0.25, 0.3) is 0 Å². The standard InChI is InChI=1S/C22H31N5O2/c1-17(27-16-19(24-25-27)9-5-3-4-6-12-23)15-20-10-11-21(29-20)18(2)22(28)26-13-7-8-14-26/h16-18,20-21H,3-4,6-8,10-11,13-15H2,1-2H3/t17-,18-,20+,21-/m1/s1. The van der Waals surface area contributed by atoms with Crippen molar-refractivity contribution in [1.82, 2.24) is 19.9 Å². The number of hydrogen-bond acceptors (Lipinski definition) is 5. The molecule has 7 nitrogen and oxygen atoms in total. The molecule has 0 aliphatic carbocycles. The fraction of sp³-hybridized carbons (Fsp3) is 0.727. The second-order valence-corrected chi connectivity index (χ2v) is 8.18. The van der Waals surface area contributed by atoms with Crippen molar-refractivity contribution < 1.29 is 9.53 Å². The minimum absolute atomic E-state index is 0.0193. The predicted molar refractivity (Wildman–Crippen MR) is 109 cm³/mol. The summed E-state index contributed by atoms with van der Waals surface area (Å²) in [6.07, 6.45) is 9.05. The number of amides is 1. The van der Waals surface area contributed by atoms with Crippen LogP contribution in [-0.4, -0.2) is 51.1 Å². The van der Waals surface area contributed by atoms with Crippen molar-refractivity contribution in [2.45, 2.75) is 83.5 Å². The summed E-state index contributed by atoms with van der Waals surface area (Å²) in [7, 11) is 0. The maximum Gasteiger partial charge on any atom is 0.228 e. The van der Waals surface area contributed by atoms with Crippen molar-refractivity contribution >= 4 is 5.91 Å². The monoisotopic (exact) mass is 397 g/mol. The molecule has 7 heteroatoms. The van der Waals surface area contributed by atoms with Gasteiger partial charge in [0.15, 0.2) is 5.69 Å². The summed E-state index contributed by atoms with van der Waals surface area (Å²) in [5, 5.41) is 16.9. The molecular formula is C22H31N5O2. The lowest BCUT2D eigenvalue weighted by atomic mass is 9.99. The number of carbonyl (C=O) groups is 1. The van der Waals surface area contributed by atoms with Crippen LogP contribution in [0.1, 0.15) is 76.9 Å². The third-order valence-electron chi connectivity index (χ3n) is 5.88. The minimum atomic E-state index is -0.0670. The topological polar surface area (TPSA) is 84.0 Å². The number of ether oxygens (including phenoxy) is 1. The summed E-state index contributed by atoms with van der Waals surface area (Å²) >= 11 is 0. The van der Waals surface area contributed by atoms with E-state index in [0.717, 1.165) is 51.6 Å². The second kappa shape index (κ2) is 10.4. The highest BCUT2D eigenvalue weighted by Gasteiger charge is 2.36. The highest BCUT2D eigenvalue weighted by atomic mass is 16.5. The number of carbonyl (C=O) groups excluding carboxylic acids is 1. The highest BCUT2D eigenvalue weighted by molar-refractivity contribution is 5.79. The molecule has 0 bridgehead atoms. The molecule has 2 saturated heterocycles. The van der Waals surface area contributed by atoms with E-state index in [-0.39, 0.29) is 30.1 Å². The summed E-state index contributed by atoms with van der Waals surface area (Å²) in [6, 6.07) is 2.27. The third-order valence-corrected chi connectivity index (χ3v) is 5.88. The Morgan fingerprint density at radius 2 is 2.10 bits per heavy atom. The quantitative estimate of drug-likeness (QED) is 0.521. The predicted octanol–water partition coefficient (Wildman–Crippen LogP) is 3.08. The first-order chi connectivity index (χ1) is 14.1. The molecule has 1 amide bonds. The lowest BCUT2D eigenvalue weighted by molar-refractivity contribution is -0.138. The fourth-order valence-corrected chi connectivity index (χ4v) is 4.11. The Kier molecular flexibility index (Phi) is 7.66. The van der Waals surface area contributed by atoms with Crippen molar-refractivity contribution in [3.8, 4) is 17.9 Å². The Morgan fingerprint density at radius 3 is 2.86 bits per heavy atom. The van der Waals surface area contributed by atoms with Crippen LogP contribution in [0.15, 0.2) is 6.20 Å². The molecule has 2 aliphatic rings. The van der Waals surface area contributed by atoms with Crippen molar-refractivity contribution in [1.29, 1.82) is 5.26 Å². The normalized spacial score (nSPS) is 23.3. The molecule has 0 radical (unpaired) electrons. The van der Waals surface area contributed by atoms with Gasteiger partial charge in [-0.25, -0.2) is 4.68 Å². The second-order valence-electron chi connectivity index (χ2n) is 8.18. The first kappa shape index (κ1) is 21.3. The summed E-state index contributed by atoms with van der Waals surface area (Å²) in [5.41, 5.74) is 0.656. The van der Waals surface area contributed by atoms with Gasteiger partial charge >= 0.3 is 0 Å². The lowest BCUT2D eigenvalue weighted by Crippen LogP contribution is -2.38. The van der Waals surface area contributed by atoms with Crippen LogP contribution in [-0.2, 0) is 9.53 Å². The Balaban J connectivity index is 1.46. The van der Waals surface area contributed by atoms with Gasteiger partial charge in [0, 0.05) is 25.9 Å². The van der Waals surface area contributed by atoms with E-state index in [1.807, 2.05) is 22.7 Å². The number of hydrogen-bond donors (Lipinski definition) is 0. The molecule has 0 saturated carbocycles. The minimum Gasteiger partial charge on any atom is -0.374 e. The van der Waals surface area contributed by atoms with Gasteiger partial charge < -0.3 is 9.64 Å². The molecule has 1 aromatic rings. The maximum absolute atomic E-state index is 12.6. The molecule has 0 spiro atoms. The Bertz CT molecular complexity index is 781. The van der Waals surface area contributed by atoms with Gasteiger partial charge in [0.2, 0.25) is 5.91 Å². The number of aromatic nitrogens is 3. The molecular weight excluding hydrogens is 366 g/mol.